The van der Waals surface area contributed by atoms with E-state index in [2.05, 4.69) is 0 Å². The second-order valence-electron chi connectivity index (χ2n) is 3.27. The number of anilines is 1. The molecule has 3 heteroatoms. The van der Waals surface area contributed by atoms with Crippen LogP contribution in [0.3, 0.4) is 0 Å². The molecule has 0 unspecified atom stereocenters. The summed E-state index contributed by atoms with van der Waals surface area (Å²) in [6.07, 6.45) is 2.13. The van der Waals surface area contributed by atoms with Crippen molar-refractivity contribution in [2.75, 3.05) is 4.90 Å². The monoisotopic (exact) mass is 176 g/mol. The van der Waals surface area contributed by atoms with Crippen molar-refractivity contribution in [2.24, 2.45) is 5.73 Å². The number of benzene rings is 1. The molecule has 0 heterocycles. The lowest BCUT2D eigenvalue weighted by molar-refractivity contribution is 0.253. The van der Waals surface area contributed by atoms with Gasteiger partial charge in [-0.25, -0.2) is 4.79 Å². The van der Waals surface area contributed by atoms with Crippen LogP contribution < -0.4 is 10.6 Å². The van der Waals surface area contributed by atoms with Gasteiger partial charge >= 0.3 is 6.03 Å². The predicted octanol–water partition coefficient (Wildman–Crippen LogP) is 1.73. The summed E-state index contributed by atoms with van der Waals surface area (Å²) in [6, 6.07) is 9.54. The van der Waals surface area contributed by atoms with E-state index in [1.807, 2.05) is 30.3 Å². The normalized spacial score (nSPS) is 15.4. The highest BCUT2D eigenvalue weighted by molar-refractivity contribution is 5.91. The maximum absolute atomic E-state index is 11.1. The average molecular weight is 176 g/mol. The summed E-state index contributed by atoms with van der Waals surface area (Å²) < 4.78 is 0. The van der Waals surface area contributed by atoms with E-state index in [0.717, 1.165) is 18.5 Å². The molecule has 0 aromatic heterocycles. The molecule has 1 aromatic carbocycles. The van der Waals surface area contributed by atoms with E-state index in [0.29, 0.717) is 6.04 Å². The summed E-state index contributed by atoms with van der Waals surface area (Å²) in [7, 11) is 0. The third kappa shape index (κ3) is 1.64. The van der Waals surface area contributed by atoms with Gasteiger partial charge in [0.1, 0.15) is 0 Å². The fraction of sp³-hybridized carbons (Fsp3) is 0.300. The van der Waals surface area contributed by atoms with Crippen molar-refractivity contribution in [1.29, 1.82) is 0 Å². The first-order valence-electron chi connectivity index (χ1n) is 4.43. The summed E-state index contributed by atoms with van der Waals surface area (Å²) in [6.45, 7) is 0. The van der Waals surface area contributed by atoms with Crippen LogP contribution in [0.2, 0.25) is 0 Å². The number of urea groups is 1. The van der Waals surface area contributed by atoms with E-state index in [4.69, 9.17) is 5.73 Å². The fourth-order valence-electron chi connectivity index (χ4n) is 1.44. The van der Waals surface area contributed by atoms with Crippen molar-refractivity contribution in [2.45, 2.75) is 18.9 Å². The molecule has 68 valence electrons. The zero-order valence-electron chi connectivity index (χ0n) is 7.31. The van der Waals surface area contributed by atoms with Crippen LogP contribution in [0.1, 0.15) is 12.8 Å². The van der Waals surface area contributed by atoms with Crippen LogP contribution in [-0.2, 0) is 0 Å². The molecule has 0 saturated heterocycles. The quantitative estimate of drug-likeness (QED) is 0.732. The number of hydrogen-bond acceptors (Lipinski definition) is 1. The van der Waals surface area contributed by atoms with Crippen LogP contribution in [0.4, 0.5) is 10.5 Å². The molecule has 0 atom stereocenters. The van der Waals surface area contributed by atoms with Crippen LogP contribution >= 0.6 is 0 Å². The number of primary amides is 1. The molecule has 1 aliphatic carbocycles. The number of nitrogens with two attached hydrogens (primary N) is 1. The number of carbonyl (C=O) groups excluding carboxylic acids is 1. The number of nitrogens with zero attached hydrogens (tertiary/aromatic N) is 1. The van der Waals surface area contributed by atoms with Gasteiger partial charge in [0.15, 0.2) is 0 Å². The van der Waals surface area contributed by atoms with Crippen molar-refractivity contribution in [1.82, 2.24) is 0 Å². The molecule has 3 nitrogen and oxygen atoms in total. The molecule has 1 aliphatic rings. The first-order chi connectivity index (χ1) is 6.29. The average Bonchev–Trinajstić information content (AvgIpc) is 2.90. The van der Waals surface area contributed by atoms with Crippen molar-refractivity contribution >= 4 is 11.7 Å². The third-order valence-electron chi connectivity index (χ3n) is 2.18. The molecule has 0 radical (unpaired) electrons. The Bertz CT molecular complexity index is 306. The van der Waals surface area contributed by atoms with E-state index < -0.39 is 0 Å². The summed E-state index contributed by atoms with van der Waals surface area (Å²) in [5, 5.41) is 0. The van der Waals surface area contributed by atoms with Gasteiger partial charge in [0.2, 0.25) is 0 Å². The Morgan fingerprint density at radius 2 is 1.92 bits per heavy atom. The van der Waals surface area contributed by atoms with Crippen molar-refractivity contribution in [3.63, 3.8) is 0 Å². The zero-order valence-corrected chi connectivity index (χ0v) is 7.31. The Morgan fingerprint density at radius 1 is 1.31 bits per heavy atom. The lowest BCUT2D eigenvalue weighted by atomic mass is 10.3. The van der Waals surface area contributed by atoms with Gasteiger partial charge in [0.05, 0.1) is 0 Å². The van der Waals surface area contributed by atoms with Gasteiger partial charge < -0.3 is 5.73 Å². The highest BCUT2D eigenvalue weighted by Crippen LogP contribution is 2.30. The van der Waals surface area contributed by atoms with Gasteiger partial charge in [-0.05, 0) is 25.0 Å². The zero-order chi connectivity index (χ0) is 9.26. The second kappa shape index (κ2) is 3.09. The summed E-state index contributed by atoms with van der Waals surface area (Å²) >= 11 is 0. The van der Waals surface area contributed by atoms with Gasteiger partial charge in [0.25, 0.3) is 0 Å². The highest BCUT2D eigenvalue weighted by atomic mass is 16.2. The fourth-order valence-corrected chi connectivity index (χ4v) is 1.44. The predicted molar refractivity (Wildman–Crippen MR) is 51.5 cm³/mol. The first-order valence-corrected chi connectivity index (χ1v) is 4.43. The number of para-hydroxylation sites is 1. The highest BCUT2D eigenvalue weighted by Gasteiger charge is 2.32. The molecule has 1 aromatic rings. The number of hydrogen-bond donors (Lipinski definition) is 1. The minimum absolute atomic E-state index is 0.333. The van der Waals surface area contributed by atoms with Crippen molar-refractivity contribution < 1.29 is 4.79 Å². The molecule has 0 aliphatic heterocycles. The Balaban J connectivity index is 2.25. The Morgan fingerprint density at radius 3 is 2.38 bits per heavy atom. The largest absolute Gasteiger partial charge is 0.351 e. The Labute approximate surface area is 77.1 Å². The number of amides is 2. The summed E-state index contributed by atoms with van der Waals surface area (Å²) in [4.78, 5) is 12.8. The van der Waals surface area contributed by atoms with Crippen LogP contribution in [0.15, 0.2) is 30.3 Å². The minimum atomic E-state index is -0.353. The molecular weight excluding hydrogens is 164 g/mol. The van der Waals surface area contributed by atoms with Gasteiger partial charge in [-0.2, -0.15) is 0 Å². The maximum atomic E-state index is 11.1. The van der Waals surface area contributed by atoms with Crippen LogP contribution in [0.5, 0.6) is 0 Å². The van der Waals surface area contributed by atoms with Gasteiger partial charge in [-0.3, -0.25) is 4.90 Å². The molecule has 2 N–H and O–H groups in total. The summed E-state index contributed by atoms with van der Waals surface area (Å²) in [5.74, 6) is 0. The molecular formula is C10H12N2O. The van der Waals surface area contributed by atoms with Crippen LogP contribution in [0, 0.1) is 0 Å². The number of rotatable bonds is 2. The topological polar surface area (TPSA) is 46.3 Å². The van der Waals surface area contributed by atoms with Gasteiger partial charge in [0, 0.05) is 11.7 Å². The molecule has 2 rings (SSSR count). The van der Waals surface area contributed by atoms with Crippen molar-refractivity contribution in [3.05, 3.63) is 30.3 Å². The molecule has 2 amide bonds. The molecule has 13 heavy (non-hydrogen) atoms. The van der Waals surface area contributed by atoms with Crippen LogP contribution in [0.25, 0.3) is 0 Å². The van der Waals surface area contributed by atoms with E-state index >= 15 is 0 Å². The standard InChI is InChI=1S/C10H12N2O/c11-10(13)12(9-6-7-9)8-4-2-1-3-5-8/h1-5,9H,6-7H2,(H2,11,13). The first kappa shape index (κ1) is 8.10. The van der Waals surface area contributed by atoms with Gasteiger partial charge in [-0.1, -0.05) is 18.2 Å². The third-order valence-corrected chi connectivity index (χ3v) is 2.18. The van der Waals surface area contributed by atoms with E-state index in [1.54, 1.807) is 4.90 Å². The van der Waals surface area contributed by atoms with E-state index in [9.17, 15) is 4.79 Å². The minimum Gasteiger partial charge on any atom is -0.351 e. The molecule has 0 bridgehead atoms. The van der Waals surface area contributed by atoms with E-state index in [1.165, 1.54) is 0 Å². The molecule has 0 spiro atoms. The van der Waals surface area contributed by atoms with Gasteiger partial charge in [-0.15, -0.1) is 0 Å². The number of carbonyl (C=O) groups is 1. The Kier molecular flexibility index (Phi) is 1.93. The second-order valence-corrected chi connectivity index (χ2v) is 3.27. The molecule has 1 fully saturated rings. The summed E-state index contributed by atoms with van der Waals surface area (Å²) in [5.41, 5.74) is 6.20. The SMILES string of the molecule is NC(=O)N(c1ccccc1)C1CC1. The lowest BCUT2D eigenvalue weighted by Gasteiger charge is -2.19. The van der Waals surface area contributed by atoms with Crippen molar-refractivity contribution in [3.8, 4) is 0 Å². The molecule has 1 saturated carbocycles. The Hall–Kier alpha value is -1.51. The smallest absolute Gasteiger partial charge is 0.319 e. The van der Waals surface area contributed by atoms with E-state index in [-0.39, 0.29) is 6.03 Å². The lowest BCUT2D eigenvalue weighted by Crippen LogP contribution is -2.37. The maximum Gasteiger partial charge on any atom is 0.319 e. The van der Waals surface area contributed by atoms with Crippen LogP contribution in [-0.4, -0.2) is 12.1 Å².